The first kappa shape index (κ1) is 38.5. The van der Waals surface area contributed by atoms with Crippen molar-refractivity contribution in [2.75, 3.05) is 23.0 Å². The van der Waals surface area contributed by atoms with Crippen LogP contribution in [0.2, 0.25) is 5.02 Å². The van der Waals surface area contributed by atoms with Gasteiger partial charge < -0.3 is 15.0 Å². The predicted molar refractivity (Wildman–Crippen MR) is 194 cm³/mol. The highest BCUT2D eigenvalue weighted by Crippen LogP contribution is 2.68. The topological polar surface area (TPSA) is 136 Å². The molecule has 2 aliphatic carbocycles. The number of nitrogens with zero attached hydrogens (tertiary/aromatic N) is 6. The van der Waals surface area contributed by atoms with Crippen molar-refractivity contribution in [1.29, 1.82) is 0 Å². The Morgan fingerprint density at radius 1 is 1.09 bits per heavy atom. The summed E-state index contributed by atoms with van der Waals surface area (Å²) in [7, 11) is -1.13. The minimum Gasteiger partial charge on any atom is -0.494 e. The van der Waals surface area contributed by atoms with Gasteiger partial charge in [-0.2, -0.15) is 19.0 Å². The lowest BCUT2D eigenvalue weighted by Gasteiger charge is -2.36. The van der Waals surface area contributed by atoms with Crippen LogP contribution in [0, 0.1) is 23.4 Å². The first-order valence-electron chi connectivity index (χ1n) is 17.2. The average molecular weight is 839 g/mol. The van der Waals surface area contributed by atoms with Crippen LogP contribution in [0.5, 0.6) is 5.75 Å². The summed E-state index contributed by atoms with van der Waals surface area (Å²) >= 11 is 6.59. The van der Waals surface area contributed by atoms with Crippen LogP contribution < -0.4 is 19.7 Å². The van der Waals surface area contributed by atoms with Gasteiger partial charge in [0, 0.05) is 36.6 Å². The first-order valence-corrected chi connectivity index (χ1v) is 19.5. The minimum atomic E-state index is -3.86. The van der Waals surface area contributed by atoms with Crippen LogP contribution in [-0.2, 0) is 47.3 Å². The third-order valence-electron chi connectivity index (χ3n) is 10.2. The maximum absolute atomic E-state index is 16.0. The van der Waals surface area contributed by atoms with Gasteiger partial charge in [-0.1, -0.05) is 17.7 Å². The van der Waals surface area contributed by atoms with E-state index in [1.807, 2.05) is 0 Å². The molecule has 5 aromatic rings. The number of carbonyl (C=O) groups is 1. The van der Waals surface area contributed by atoms with Gasteiger partial charge in [0.1, 0.15) is 41.1 Å². The molecule has 0 saturated heterocycles. The van der Waals surface area contributed by atoms with Crippen molar-refractivity contribution < 1.29 is 48.7 Å². The molecule has 3 aromatic carbocycles. The second-order valence-corrected chi connectivity index (χ2v) is 16.2. The van der Waals surface area contributed by atoms with Crippen LogP contribution in [0.15, 0.2) is 47.5 Å². The summed E-state index contributed by atoms with van der Waals surface area (Å²) in [6, 6.07) is 7.04. The highest BCUT2D eigenvalue weighted by molar-refractivity contribution is 7.92. The van der Waals surface area contributed by atoms with Crippen LogP contribution in [0.1, 0.15) is 46.8 Å². The highest BCUT2D eigenvalue weighted by Gasteiger charge is 2.67. The third-order valence-corrected chi connectivity index (χ3v) is 11.1. The van der Waals surface area contributed by atoms with E-state index in [4.69, 9.17) is 16.3 Å². The Hall–Kier alpha value is -5.37. The molecular formula is C36H30ClF7N8O4S. The van der Waals surface area contributed by atoms with E-state index in [0.717, 1.165) is 18.4 Å². The molecule has 2 N–H and O–H groups in total. The zero-order chi connectivity index (χ0) is 40.9. The molecule has 0 spiro atoms. The molecule has 3 heterocycles. The van der Waals surface area contributed by atoms with Gasteiger partial charge in [-0.3, -0.25) is 18.9 Å². The SMILES string of the molecule is COc1ccc2c(c1F)N=C(C(Cc1cc(F)cc(F)c1)NC(=O)Cn1nc(C(F)F)c3c1C(F)(F)[C@@H]1C[C@H]31)N(c1ccc(Cl)c3c(NS(C)(=O)=O)nn(C)c13)C2. The smallest absolute Gasteiger partial charge is 0.293 e. The van der Waals surface area contributed by atoms with E-state index in [0.29, 0.717) is 16.3 Å². The fourth-order valence-corrected chi connectivity index (χ4v) is 8.58. The van der Waals surface area contributed by atoms with E-state index >= 15 is 13.2 Å². The van der Waals surface area contributed by atoms with Crippen molar-refractivity contribution in [3.05, 3.63) is 93.0 Å². The number of anilines is 2. The molecule has 12 nitrogen and oxygen atoms in total. The number of hydrogen-bond donors (Lipinski definition) is 2. The zero-order valence-electron chi connectivity index (χ0n) is 29.9. The second-order valence-electron chi connectivity index (χ2n) is 14.1. The number of halogens is 8. The molecule has 3 atom stereocenters. The number of amidine groups is 1. The molecule has 21 heteroatoms. The van der Waals surface area contributed by atoms with Crippen molar-refractivity contribution in [1.82, 2.24) is 24.9 Å². The lowest BCUT2D eigenvalue weighted by molar-refractivity contribution is -0.122. The number of benzene rings is 3. The fraction of sp³-hybridized carbons (Fsp3) is 0.333. The Balaban J connectivity index is 1.27. The maximum atomic E-state index is 16.0. The van der Waals surface area contributed by atoms with Crippen molar-refractivity contribution in [2.45, 2.75) is 50.2 Å². The molecule has 3 aliphatic rings. The molecule has 8 rings (SSSR count). The van der Waals surface area contributed by atoms with Gasteiger partial charge in [-0.15, -0.1) is 0 Å². The van der Waals surface area contributed by atoms with Crippen LogP contribution >= 0.6 is 11.6 Å². The van der Waals surface area contributed by atoms with Gasteiger partial charge in [0.05, 0.1) is 47.6 Å². The van der Waals surface area contributed by atoms with E-state index in [-0.39, 0.29) is 68.8 Å². The Kier molecular flexibility index (Phi) is 9.21. The normalized spacial score (nSPS) is 18.6. The Labute approximate surface area is 324 Å². The van der Waals surface area contributed by atoms with E-state index in [9.17, 15) is 30.8 Å². The molecule has 1 saturated carbocycles. The molecule has 57 heavy (non-hydrogen) atoms. The molecular weight excluding hydrogens is 809 g/mol. The zero-order valence-corrected chi connectivity index (χ0v) is 31.5. The maximum Gasteiger partial charge on any atom is 0.293 e. The van der Waals surface area contributed by atoms with Crippen molar-refractivity contribution in [2.24, 2.45) is 18.0 Å². The molecule has 1 unspecified atom stereocenters. The summed E-state index contributed by atoms with van der Waals surface area (Å²) in [5, 5.41) is 10.9. The minimum absolute atomic E-state index is 0.00278. The predicted octanol–water partition coefficient (Wildman–Crippen LogP) is 6.85. The summed E-state index contributed by atoms with van der Waals surface area (Å²) < 4.78 is 138. The Morgan fingerprint density at radius 3 is 2.47 bits per heavy atom. The van der Waals surface area contributed by atoms with Crippen LogP contribution in [0.3, 0.4) is 0 Å². The number of fused-ring (bicyclic) bond motifs is 5. The second kappa shape index (κ2) is 13.6. The van der Waals surface area contributed by atoms with Gasteiger partial charge in [0.2, 0.25) is 15.9 Å². The average Bonchev–Trinajstić information content (AvgIpc) is 3.66. The number of nitrogens with one attached hydrogen (secondary N) is 2. The van der Waals surface area contributed by atoms with Gasteiger partial charge in [-0.25, -0.2) is 35.4 Å². The van der Waals surface area contributed by atoms with Crippen LogP contribution in [0.4, 0.5) is 47.9 Å². The summed E-state index contributed by atoms with van der Waals surface area (Å²) in [5.41, 5.74) is -1.32. The number of ether oxygens (including phenoxy) is 1. The number of rotatable bonds is 11. The number of aliphatic imine (C=N–C) groups is 1. The van der Waals surface area contributed by atoms with Gasteiger partial charge in [0.25, 0.3) is 12.3 Å². The lowest BCUT2D eigenvalue weighted by atomic mass is 10.00. The molecule has 1 amide bonds. The lowest BCUT2D eigenvalue weighted by Crippen LogP contribution is -2.51. The molecule has 1 fully saturated rings. The number of amides is 1. The van der Waals surface area contributed by atoms with Crippen molar-refractivity contribution in [3.8, 4) is 5.75 Å². The van der Waals surface area contributed by atoms with Crippen LogP contribution in [0.25, 0.3) is 10.9 Å². The molecule has 2 aromatic heterocycles. The number of methoxy groups -OCH3 is 1. The number of hydrogen-bond acceptors (Lipinski definition) is 8. The Morgan fingerprint density at radius 2 is 1.81 bits per heavy atom. The van der Waals surface area contributed by atoms with E-state index in [1.54, 1.807) is 0 Å². The monoisotopic (exact) mass is 838 g/mol. The fourth-order valence-electron chi connectivity index (χ4n) is 7.84. The van der Waals surface area contributed by atoms with E-state index in [2.05, 4.69) is 25.2 Å². The van der Waals surface area contributed by atoms with Crippen molar-refractivity contribution in [3.63, 3.8) is 0 Å². The van der Waals surface area contributed by atoms with Gasteiger partial charge in [0.15, 0.2) is 17.4 Å². The highest BCUT2D eigenvalue weighted by atomic mass is 35.5. The van der Waals surface area contributed by atoms with E-state index < -0.39 is 88.0 Å². The quantitative estimate of drug-likeness (QED) is 0.139. The number of aromatic nitrogens is 4. The molecule has 0 radical (unpaired) electrons. The summed E-state index contributed by atoms with van der Waals surface area (Å²) in [6.07, 6.45) is -2.69. The molecule has 0 bridgehead atoms. The number of aryl methyl sites for hydroxylation is 1. The largest absolute Gasteiger partial charge is 0.494 e. The summed E-state index contributed by atoms with van der Waals surface area (Å²) in [4.78, 5) is 20.1. The standard InChI is InChI=1S/C36H30ClF7N8O4S/c1-50-31-23(6-5-21(37)27(31)34(48-50)49-57(3,54)55)51-13-16-4-7-24(56-2)28(40)29(16)46-35(51)22(10-15-8-17(38)11-18(39)9-15)45-25(53)14-52-32-26(30(47-52)33(41)42)19-12-20(19)36(32,43)44/h4-9,11,19-20,22,33H,10,12-14H2,1-3H3,(H,45,53)(H,48,49)/t19-,20+,22?/m0/s1. The number of carbonyl (C=O) groups excluding carboxylic acids is 1. The third kappa shape index (κ3) is 6.71. The van der Waals surface area contributed by atoms with Gasteiger partial charge in [-0.05, 0) is 48.2 Å². The summed E-state index contributed by atoms with van der Waals surface area (Å²) in [5.74, 6) is -9.84. The molecule has 300 valence electrons. The number of sulfonamides is 1. The summed E-state index contributed by atoms with van der Waals surface area (Å²) in [6.45, 7) is -1.13. The van der Waals surface area contributed by atoms with Gasteiger partial charge >= 0.3 is 0 Å². The number of alkyl halides is 4. The van der Waals surface area contributed by atoms with Crippen molar-refractivity contribution >= 4 is 61.5 Å². The molecule has 1 aliphatic heterocycles. The van der Waals surface area contributed by atoms with E-state index in [1.165, 1.54) is 48.0 Å². The Bertz CT molecular complexity index is 2630. The van der Waals surface area contributed by atoms with Crippen LogP contribution in [-0.4, -0.2) is 59.1 Å². The first-order chi connectivity index (χ1) is 26.9.